The molecule has 2 atom stereocenters. The van der Waals surface area contributed by atoms with Crippen molar-refractivity contribution in [1.82, 2.24) is 20.2 Å². The molecule has 0 bridgehead atoms. The second-order valence-corrected chi connectivity index (χ2v) is 10.4. The second kappa shape index (κ2) is 7.67. The predicted octanol–water partition coefficient (Wildman–Crippen LogP) is 5.61. The number of thioether (sulfide) groups is 1. The molecule has 1 aliphatic rings. The third-order valence-electron chi connectivity index (χ3n) is 5.50. The highest BCUT2D eigenvalue weighted by atomic mass is 32.2. The molecule has 3 aromatic heterocycles. The lowest BCUT2D eigenvalue weighted by Crippen LogP contribution is -2.09. The summed E-state index contributed by atoms with van der Waals surface area (Å²) in [6, 6.07) is 8.03. The van der Waals surface area contributed by atoms with Crippen LogP contribution in [0.4, 0.5) is 5.82 Å². The van der Waals surface area contributed by atoms with Gasteiger partial charge in [-0.25, -0.2) is 9.97 Å². The lowest BCUT2D eigenvalue weighted by atomic mass is 9.89. The molecule has 6 nitrogen and oxygen atoms in total. The Balaban J connectivity index is 1.40. The first-order valence-corrected chi connectivity index (χ1v) is 11.8. The Bertz CT molecular complexity index is 1230. The number of rotatable bonds is 4. The van der Waals surface area contributed by atoms with Crippen LogP contribution in [0.25, 0.3) is 21.7 Å². The molecule has 1 aliphatic carbocycles. The van der Waals surface area contributed by atoms with E-state index in [1.54, 1.807) is 11.3 Å². The molecule has 154 valence electrons. The fraction of sp³-hybridized carbons (Fsp3) is 0.364. The van der Waals surface area contributed by atoms with E-state index in [9.17, 15) is 0 Å². The molecule has 0 radical (unpaired) electrons. The zero-order chi connectivity index (χ0) is 20.8. The number of aromatic nitrogens is 4. The van der Waals surface area contributed by atoms with E-state index in [2.05, 4.69) is 22.1 Å². The third kappa shape index (κ3) is 3.58. The van der Waals surface area contributed by atoms with Crippen molar-refractivity contribution in [2.24, 2.45) is 5.92 Å². The van der Waals surface area contributed by atoms with Gasteiger partial charge < -0.3 is 10.2 Å². The number of anilines is 1. The Morgan fingerprint density at radius 2 is 2.13 bits per heavy atom. The molecule has 0 fully saturated rings. The van der Waals surface area contributed by atoms with Crippen LogP contribution in [0, 0.1) is 12.8 Å². The number of nitrogens with two attached hydrogens (primary N) is 1. The summed E-state index contributed by atoms with van der Waals surface area (Å²) in [5.74, 6) is 2.37. The molecule has 4 aromatic rings. The van der Waals surface area contributed by atoms with Gasteiger partial charge in [0, 0.05) is 10.4 Å². The zero-order valence-electron chi connectivity index (χ0n) is 17.2. The smallest absolute Gasteiger partial charge is 0.247 e. The Kier molecular flexibility index (Phi) is 4.99. The average Bonchev–Trinajstić information content (AvgIpc) is 3.32. The van der Waals surface area contributed by atoms with E-state index in [-0.39, 0.29) is 5.25 Å². The lowest BCUT2D eigenvalue weighted by Gasteiger charge is -2.17. The lowest BCUT2D eigenvalue weighted by molar-refractivity contribution is 0.509. The largest absolute Gasteiger partial charge is 0.419 e. The first-order valence-electron chi connectivity index (χ1n) is 10.1. The minimum absolute atomic E-state index is 0.0810. The highest BCUT2D eigenvalue weighted by Crippen LogP contribution is 2.41. The van der Waals surface area contributed by atoms with Crippen LogP contribution in [0.3, 0.4) is 0 Å². The van der Waals surface area contributed by atoms with Crippen molar-refractivity contribution in [2.45, 2.75) is 50.4 Å². The highest BCUT2D eigenvalue weighted by molar-refractivity contribution is 7.99. The van der Waals surface area contributed by atoms with E-state index in [1.165, 1.54) is 28.6 Å². The van der Waals surface area contributed by atoms with E-state index in [1.807, 2.05) is 38.1 Å². The minimum atomic E-state index is -0.0810. The number of aryl methyl sites for hydroxylation is 2. The first-order chi connectivity index (χ1) is 14.5. The molecule has 30 heavy (non-hydrogen) atoms. The van der Waals surface area contributed by atoms with Crippen molar-refractivity contribution in [3.8, 4) is 11.5 Å². The monoisotopic (exact) mass is 437 g/mol. The summed E-state index contributed by atoms with van der Waals surface area (Å²) in [5.41, 5.74) is 9.79. The fourth-order valence-corrected chi connectivity index (χ4v) is 6.16. The molecule has 0 spiro atoms. The molecule has 2 N–H and O–H groups in total. The Morgan fingerprint density at radius 1 is 1.27 bits per heavy atom. The van der Waals surface area contributed by atoms with Gasteiger partial charge in [-0.3, -0.25) is 0 Å². The third-order valence-corrected chi connectivity index (χ3v) is 7.59. The summed E-state index contributed by atoms with van der Waals surface area (Å²) in [4.78, 5) is 11.8. The highest BCUT2D eigenvalue weighted by Gasteiger charge is 2.24. The van der Waals surface area contributed by atoms with Crippen LogP contribution in [0.1, 0.15) is 47.4 Å². The van der Waals surface area contributed by atoms with Crippen LogP contribution >= 0.6 is 23.1 Å². The van der Waals surface area contributed by atoms with Gasteiger partial charge in [0.15, 0.2) is 5.16 Å². The Hall–Kier alpha value is -2.45. The number of benzene rings is 1. The van der Waals surface area contributed by atoms with Gasteiger partial charge in [0.1, 0.15) is 10.6 Å². The van der Waals surface area contributed by atoms with Gasteiger partial charge >= 0.3 is 0 Å². The van der Waals surface area contributed by atoms with E-state index in [4.69, 9.17) is 15.1 Å². The molecule has 8 heteroatoms. The summed E-state index contributed by atoms with van der Waals surface area (Å²) in [7, 11) is 0. The van der Waals surface area contributed by atoms with Crippen LogP contribution < -0.4 is 5.73 Å². The molecule has 0 unspecified atom stereocenters. The van der Waals surface area contributed by atoms with Crippen molar-refractivity contribution in [1.29, 1.82) is 0 Å². The number of nitrogens with zero attached hydrogens (tertiary/aromatic N) is 4. The summed E-state index contributed by atoms with van der Waals surface area (Å²) in [5, 5.41) is 10.1. The molecular weight excluding hydrogens is 414 g/mol. The van der Waals surface area contributed by atoms with E-state index >= 15 is 0 Å². The predicted molar refractivity (Wildman–Crippen MR) is 122 cm³/mol. The molecule has 5 rings (SSSR count). The number of nitrogen functional groups attached to an aromatic ring is 1. The molecule has 0 amide bonds. The first kappa shape index (κ1) is 19.5. The maximum atomic E-state index is 6.36. The van der Waals surface area contributed by atoms with Crippen LogP contribution in [0.15, 0.2) is 33.8 Å². The quantitative estimate of drug-likeness (QED) is 0.328. The van der Waals surface area contributed by atoms with Crippen LogP contribution in [-0.4, -0.2) is 20.2 Å². The Morgan fingerprint density at radius 3 is 2.97 bits per heavy atom. The van der Waals surface area contributed by atoms with E-state index in [0.717, 1.165) is 34.2 Å². The summed E-state index contributed by atoms with van der Waals surface area (Å²) in [6.07, 6.45) is 3.38. The summed E-state index contributed by atoms with van der Waals surface area (Å²) >= 11 is 3.25. The number of hydrogen-bond acceptors (Lipinski definition) is 8. The maximum absolute atomic E-state index is 6.36. The second-order valence-electron chi connectivity index (χ2n) is 8.00. The minimum Gasteiger partial charge on any atom is -0.419 e. The topological polar surface area (TPSA) is 90.7 Å². The van der Waals surface area contributed by atoms with Gasteiger partial charge in [-0.05, 0) is 56.7 Å². The van der Waals surface area contributed by atoms with Crippen molar-refractivity contribution in [2.75, 3.05) is 5.73 Å². The van der Waals surface area contributed by atoms with E-state index < -0.39 is 0 Å². The number of hydrogen-bond donors (Lipinski definition) is 1. The van der Waals surface area contributed by atoms with Gasteiger partial charge in [-0.2, -0.15) is 0 Å². The van der Waals surface area contributed by atoms with E-state index in [0.29, 0.717) is 28.7 Å². The normalized spacial score (nSPS) is 17.2. The van der Waals surface area contributed by atoms with Gasteiger partial charge in [-0.1, -0.05) is 36.4 Å². The van der Waals surface area contributed by atoms with Gasteiger partial charge in [0.2, 0.25) is 11.8 Å². The van der Waals surface area contributed by atoms with Crippen molar-refractivity contribution in [3.05, 3.63) is 46.2 Å². The van der Waals surface area contributed by atoms with Crippen LogP contribution in [0.2, 0.25) is 0 Å². The number of fused-ring (bicyclic) bond motifs is 3. The standard InChI is InChI=1S/C22H23N5OS2/c1-11-5-4-6-14(9-11)20-27-26-19(28-20)13(3)29-22-24-18(23)17-15-8-7-12(2)10-16(15)30-21(17)25-22/h4-6,9,12-13H,7-8,10H2,1-3H3,(H2,23,24,25)/t12-,13+/m0/s1. The van der Waals surface area contributed by atoms with Crippen molar-refractivity contribution < 1.29 is 4.42 Å². The molecule has 3 heterocycles. The number of thiophene rings is 1. The summed E-state index contributed by atoms with van der Waals surface area (Å²) in [6.45, 7) is 6.37. The molecule has 0 saturated carbocycles. The van der Waals surface area contributed by atoms with Crippen molar-refractivity contribution >= 4 is 39.1 Å². The molecule has 0 saturated heterocycles. The average molecular weight is 438 g/mol. The molecular formula is C22H23N5OS2. The van der Waals surface area contributed by atoms with Gasteiger partial charge in [0.05, 0.1) is 10.6 Å². The Labute approximate surface area is 183 Å². The van der Waals surface area contributed by atoms with Crippen LogP contribution in [-0.2, 0) is 12.8 Å². The maximum Gasteiger partial charge on any atom is 0.247 e. The van der Waals surface area contributed by atoms with Crippen LogP contribution in [0.5, 0.6) is 0 Å². The molecule has 0 aliphatic heterocycles. The molecule has 1 aromatic carbocycles. The fourth-order valence-electron chi connectivity index (χ4n) is 3.90. The zero-order valence-corrected chi connectivity index (χ0v) is 18.8. The van der Waals surface area contributed by atoms with Gasteiger partial charge in [0.25, 0.3) is 0 Å². The SMILES string of the molecule is Cc1cccc(-c2nnc([C@@H](C)Sc3nc(N)c4c5c(sc4n3)C[C@@H](C)CC5)o2)c1. The van der Waals surface area contributed by atoms with Crippen molar-refractivity contribution in [3.63, 3.8) is 0 Å². The van der Waals surface area contributed by atoms with Gasteiger partial charge in [-0.15, -0.1) is 21.5 Å². The summed E-state index contributed by atoms with van der Waals surface area (Å²) < 4.78 is 5.93.